The minimum absolute atomic E-state index is 0.152. The van der Waals surface area contributed by atoms with Crippen LogP contribution in [0.3, 0.4) is 0 Å². The van der Waals surface area contributed by atoms with E-state index in [0.717, 1.165) is 36.3 Å². The van der Waals surface area contributed by atoms with Crippen LogP contribution in [-0.2, 0) is 0 Å². The molecule has 6 heteroatoms. The Balaban J connectivity index is 1.43. The first-order valence-electron chi connectivity index (χ1n) is 10.6. The number of benzene rings is 3. The van der Waals surface area contributed by atoms with Crippen molar-refractivity contribution in [1.29, 1.82) is 0 Å². The number of anilines is 3. The van der Waals surface area contributed by atoms with Gasteiger partial charge in [-0.25, -0.2) is 0 Å². The number of aliphatic hydroxyl groups is 1. The van der Waals surface area contributed by atoms with Crippen molar-refractivity contribution in [3.63, 3.8) is 0 Å². The third kappa shape index (κ3) is 5.05. The maximum Gasteiger partial charge on any atom is 0.255 e. The summed E-state index contributed by atoms with van der Waals surface area (Å²) in [5, 5.41) is 15.3. The number of nitrogens with two attached hydrogens (primary N) is 1. The van der Waals surface area contributed by atoms with E-state index in [1.54, 1.807) is 0 Å². The summed E-state index contributed by atoms with van der Waals surface area (Å²) in [6, 6.07) is 23.7. The third-order valence-electron chi connectivity index (χ3n) is 5.64. The second-order valence-corrected chi connectivity index (χ2v) is 7.78. The Hall–Kier alpha value is -3.35. The van der Waals surface area contributed by atoms with Gasteiger partial charge in [0.15, 0.2) is 0 Å². The normalized spacial score (nSPS) is 15.8. The summed E-state index contributed by atoms with van der Waals surface area (Å²) in [4.78, 5) is 15.1. The fraction of sp³-hybridized carbons (Fsp3) is 0.240. The van der Waals surface area contributed by atoms with E-state index >= 15 is 0 Å². The molecule has 0 aliphatic carbocycles. The van der Waals surface area contributed by atoms with E-state index < -0.39 is 0 Å². The Morgan fingerprint density at radius 1 is 1.03 bits per heavy atom. The van der Waals surface area contributed by atoms with Crippen molar-refractivity contribution in [1.82, 2.24) is 5.32 Å². The first kappa shape index (κ1) is 20.9. The van der Waals surface area contributed by atoms with Gasteiger partial charge in [-0.15, -0.1) is 0 Å². The van der Waals surface area contributed by atoms with Crippen LogP contribution in [0.2, 0.25) is 0 Å². The lowest BCUT2D eigenvalue weighted by atomic mass is 10.0. The lowest BCUT2D eigenvalue weighted by Crippen LogP contribution is -2.34. The second kappa shape index (κ2) is 9.64. The number of rotatable bonds is 7. The molecule has 4 rings (SSSR count). The molecule has 1 unspecified atom stereocenters. The van der Waals surface area contributed by atoms with Crippen LogP contribution < -0.4 is 21.3 Å². The van der Waals surface area contributed by atoms with Crippen molar-refractivity contribution in [2.24, 2.45) is 0 Å². The Morgan fingerprint density at radius 3 is 2.55 bits per heavy atom. The van der Waals surface area contributed by atoms with Crippen LogP contribution >= 0.6 is 0 Å². The van der Waals surface area contributed by atoms with Crippen LogP contribution in [0.15, 0.2) is 72.8 Å². The lowest BCUT2D eigenvalue weighted by molar-refractivity contribution is 0.102. The maximum atomic E-state index is 12.8. The number of aliphatic hydroxyl groups excluding tert-OH is 1. The van der Waals surface area contributed by atoms with Gasteiger partial charge in [0.2, 0.25) is 0 Å². The summed E-state index contributed by atoms with van der Waals surface area (Å²) in [5.41, 5.74) is 11.0. The summed E-state index contributed by atoms with van der Waals surface area (Å²) < 4.78 is 0. The highest BCUT2D eigenvalue weighted by Gasteiger charge is 2.22. The number of carbonyl (C=O) groups is 1. The molecule has 0 radical (unpaired) electrons. The highest BCUT2D eigenvalue weighted by molar-refractivity contribution is 6.06. The van der Waals surface area contributed by atoms with Crippen LogP contribution in [0.25, 0.3) is 11.1 Å². The van der Waals surface area contributed by atoms with E-state index in [1.807, 2.05) is 72.8 Å². The molecule has 31 heavy (non-hydrogen) atoms. The average Bonchev–Trinajstić information content (AvgIpc) is 3.29. The first-order chi connectivity index (χ1) is 15.1. The van der Waals surface area contributed by atoms with Gasteiger partial charge in [-0.05, 0) is 53.9 Å². The van der Waals surface area contributed by atoms with Crippen LogP contribution in [0.4, 0.5) is 17.1 Å². The van der Waals surface area contributed by atoms with Gasteiger partial charge < -0.3 is 26.4 Å². The Kier molecular flexibility index (Phi) is 6.50. The Labute approximate surface area is 182 Å². The van der Waals surface area contributed by atoms with Crippen LogP contribution in [0.1, 0.15) is 16.8 Å². The first-order valence-corrected chi connectivity index (χ1v) is 10.6. The fourth-order valence-corrected chi connectivity index (χ4v) is 3.92. The minimum Gasteiger partial charge on any atom is -0.397 e. The molecule has 1 amide bonds. The largest absolute Gasteiger partial charge is 0.397 e. The summed E-state index contributed by atoms with van der Waals surface area (Å²) >= 11 is 0. The van der Waals surface area contributed by atoms with E-state index in [2.05, 4.69) is 15.5 Å². The number of nitrogens with zero attached hydrogens (tertiary/aromatic N) is 1. The molecule has 1 heterocycles. The van der Waals surface area contributed by atoms with Crippen LogP contribution in [0, 0.1) is 0 Å². The quantitative estimate of drug-likeness (QED) is 0.444. The summed E-state index contributed by atoms with van der Waals surface area (Å²) in [7, 11) is 0. The van der Waals surface area contributed by atoms with Gasteiger partial charge in [-0.2, -0.15) is 0 Å². The topological polar surface area (TPSA) is 90.6 Å². The molecule has 0 bridgehead atoms. The zero-order valence-electron chi connectivity index (χ0n) is 17.4. The molecule has 1 aliphatic heterocycles. The molecule has 6 nitrogen and oxygen atoms in total. The maximum absolute atomic E-state index is 12.8. The van der Waals surface area contributed by atoms with Crippen molar-refractivity contribution in [3.8, 4) is 11.1 Å². The number of nitrogen functional groups attached to an aromatic ring is 1. The van der Waals surface area contributed by atoms with E-state index in [9.17, 15) is 4.79 Å². The monoisotopic (exact) mass is 416 g/mol. The standard InChI is InChI=1S/C25H28N4O2/c26-23-11-8-20(18-4-2-1-3-5-18)16-24(23)28-25(31)19-6-9-22(10-7-19)29-14-12-21(17-29)27-13-15-30/h1-11,16,21,27,30H,12-15,17,26H2,(H,28,31). The molecular formula is C25H28N4O2. The van der Waals surface area contributed by atoms with Gasteiger partial charge in [-0.3, -0.25) is 4.79 Å². The number of carbonyl (C=O) groups excluding carboxylic acids is 1. The van der Waals surface area contributed by atoms with E-state index in [0.29, 0.717) is 29.5 Å². The number of amides is 1. The highest BCUT2D eigenvalue weighted by Crippen LogP contribution is 2.28. The third-order valence-corrected chi connectivity index (χ3v) is 5.64. The molecule has 1 saturated heterocycles. The van der Waals surface area contributed by atoms with Crippen molar-refractivity contribution in [2.75, 3.05) is 42.2 Å². The van der Waals surface area contributed by atoms with Gasteiger partial charge in [0.25, 0.3) is 5.91 Å². The van der Waals surface area contributed by atoms with E-state index in [-0.39, 0.29) is 12.5 Å². The summed E-state index contributed by atoms with van der Waals surface area (Å²) in [6.45, 7) is 2.62. The Bertz CT molecular complexity index is 1020. The SMILES string of the molecule is Nc1ccc(-c2ccccc2)cc1NC(=O)c1ccc(N2CCC(NCCO)C2)cc1. The molecule has 1 fully saturated rings. The molecule has 3 aromatic rings. The predicted octanol–water partition coefficient (Wildman–Crippen LogP) is 3.35. The summed E-state index contributed by atoms with van der Waals surface area (Å²) in [6.07, 6.45) is 1.04. The fourth-order valence-electron chi connectivity index (χ4n) is 3.92. The molecule has 1 atom stereocenters. The van der Waals surface area contributed by atoms with Crippen molar-refractivity contribution in [2.45, 2.75) is 12.5 Å². The number of hydrogen-bond acceptors (Lipinski definition) is 5. The molecule has 3 aromatic carbocycles. The van der Waals surface area contributed by atoms with Gasteiger partial charge in [0, 0.05) is 36.9 Å². The average molecular weight is 417 g/mol. The van der Waals surface area contributed by atoms with Gasteiger partial charge in [0.1, 0.15) is 0 Å². The minimum atomic E-state index is -0.188. The number of nitrogens with one attached hydrogen (secondary N) is 2. The highest BCUT2D eigenvalue weighted by atomic mass is 16.3. The summed E-state index contributed by atoms with van der Waals surface area (Å²) in [5.74, 6) is -0.188. The molecule has 160 valence electrons. The lowest BCUT2D eigenvalue weighted by Gasteiger charge is -2.19. The smallest absolute Gasteiger partial charge is 0.255 e. The van der Waals surface area contributed by atoms with Crippen molar-refractivity contribution < 1.29 is 9.90 Å². The Morgan fingerprint density at radius 2 is 1.81 bits per heavy atom. The zero-order chi connectivity index (χ0) is 21.6. The molecular weight excluding hydrogens is 388 g/mol. The van der Waals surface area contributed by atoms with E-state index in [4.69, 9.17) is 10.8 Å². The van der Waals surface area contributed by atoms with Gasteiger partial charge >= 0.3 is 0 Å². The van der Waals surface area contributed by atoms with Gasteiger partial charge in [0.05, 0.1) is 18.0 Å². The van der Waals surface area contributed by atoms with Crippen LogP contribution in [-0.4, -0.2) is 43.3 Å². The molecule has 0 aromatic heterocycles. The molecule has 0 spiro atoms. The second-order valence-electron chi connectivity index (χ2n) is 7.78. The van der Waals surface area contributed by atoms with Gasteiger partial charge in [-0.1, -0.05) is 36.4 Å². The predicted molar refractivity (Wildman–Crippen MR) is 126 cm³/mol. The number of hydrogen-bond donors (Lipinski definition) is 4. The van der Waals surface area contributed by atoms with E-state index in [1.165, 1.54) is 0 Å². The zero-order valence-corrected chi connectivity index (χ0v) is 17.4. The van der Waals surface area contributed by atoms with Crippen LogP contribution in [0.5, 0.6) is 0 Å². The van der Waals surface area contributed by atoms with Crippen molar-refractivity contribution >= 4 is 23.0 Å². The molecule has 1 aliphatic rings. The molecule has 0 saturated carbocycles. The van der Waals surface area contributed by atoms with Crippen molar-refractivity contribution in [3.05, 3.63) is 78.4 Å². The molecule has 5 N–H and O–H groups in total.